The molecule has 0 heterocycles. The highest BCUT2D eigenvalue weighted by Gasteiger charge is 2.07. The van der Waals surface area contributed by atoms with Crippen molar-refractivity contribution in [1.29, 1.82) is 0 Å². The fraction of sp³-hybridized carbons (Fsp3) is 0.0769. The van der Waals surface area contributed by atoms with Crippen LogP contribution < -0.4 is 4.74 Å². The molecule has 2 aromatic rings. The minimum Gasteiger partial charge on any atom is -0.504 e. The van der Waals surface area contributed by atoms with Crippen LogP contribution in [0.1, 0.15) is 5.56 Å². The van der Waals surface area contributed by atoms with E-state index < -0.39 is 0 Å². The summed E-state index contributed by atoms with van der Waals surface area (Å²) < 4.78 is 6.52. The lowest BCUT2D eigenvalue weighted by Crippen LogP contribution is -1.87. The van der Waals surface area contributed by atoms with Gasteiger partial charge in [0, 0.05) is 0 Å². The van der Waals surface area contributed by atoms with Gasteiger partial charge in [0.25, 0.3) is 0 Å². The standard InChI is InChI=1S/C13H11IO2/c1-9-5-7-10(8-6-9)16-13-11(14)3-2-4-12(13)15/h2-8,15H,1H3. The van der Waals surface area contributed by atoms with Gasteiger partial charge < -0.3 is 9.84 Å². The highest BCUT2D eigenvalue weighted by Crippen LogP contribution is 2.34. The van der Waals surface area contributed by atoms with Crippen LogP contribution in [0.25, 0.3) is 0 Å². The number of hydrogen-bond donors (Lipinski definition) is 1. The third-order valence-corrected chi connectivity index (χ3v) is 3.04. The average molecular weight is 326 g/mol. The molecule has 1 N–H and O–H groups in total. The summed E-state index contributed by atoms with van der Waals surface area (Å²) in [5.41, 5.74) is 1.18. The predicted molar refractivity (Wildman–Crippen MR) is 72.1 cm³/mol. The Hall–Kier alpha value is -1.23. The van der Waals surface area contributed by atoms with Crippen molar-refractivity contribution >= 4 is 22.6 Å². The van der Waals surface area contributed by atoms with Crippen LogP contribution in [-0.4, -0.2) is 5.11 Å². The number of aromatic hydroxyl groups is 1. The van der Waals surface area contributed by atoms with Crippen LogP contribution in [0.2, 0.25) is 0 Å². The zero-order chi connectivity index (χ0) is 11.5. The molecule has 0 aliphatic heterocycles. The predicted octanol–water partition coefficient (Wildman–Crippen LogP) is 4.10. The van der Waals surface area contributed by atoms with E-state index >= 15 is 0 Å². The SMILES string of the molecule is Cc1ccc(Oc2c(O)cccc2I)cc1. The van der Waals surface area contributed by atoms with E-state index in [1.807, 2.05) is 37.3 Å². The van der Waals surface area contributed by atoms with Gasteiger partial charge in [-0.2, -0.15) is 0 Å². The van der Waals surface area contributed by atoms with E-state index in [1.54, 1.807) is 12.1 Å². The average Bonchev–Trinajstić information content (AvgIpc) is 2.26. The van der Waals surface area contributed by atoms with Crippen molar-refractivity contribution in [1.82, 2.24) is 0 Å². The van der Waals surface area contributed by atoms with Crippen LogP contribution >= 0.6 is 22.6 Å². The molecule has 0 spiro atoms. The second-order valence-corrected chi connectivity index (χ2v) is 4.67. The molecule has 16 heavy (non-hydrogen) atoms. The maximum absolute atomic E-state index is 9.68. The number of halogens is 1. The molecule has 0 aliphatic carbocycles. The number of ether oxygens (including phenoxy) is 1. The quantitative estimate of drug-likeness (QED) is 0.842. The summed E-state index contributed by atoms with van der Waals surface area (Å²) in [7, 11) is 0. The molecular weight excluding hydrogens is 315 g/mol. The molecule has 0 bridgehead atoms. The van der Waals surface area contributed by atoms with Crippen LogP contribution in [0.4, 0.5) is 0 Å². The highest BCUT2D eigenvalue weighted by molar-refractivity contribution is 14.1. The fourth-order valence-corrected chi connectivity index (χ4v) is 1.92. The minimum atomic E-state index is 0.160. The molecule has 0 radical (unpaired) electrons. The summed E-state index contributed by atoms with van der Waals surface area (Å²) in [5.74, 6) is 1.39. The normalized spacial score (nSPS) is 10.1. The number of aryl methyl sites for hydroxylation is 1. The molecule has 0 atom stereocenters. The van der Waals surface area contributed by atoms with E-state index in [0.29, 0.717) is 5.75 Å². The molecule has 2 rings (SSSR count). The minimum absolute atomic E-state index is 0.160. The smallest absolute Gasteiger partial charge is 0.182 e. The third kappa shape index (κ3) is 2.47. The van der Waals surface area contributed by atoms with Gasteiger partial charge in [-0.25, -0.2) is 0 Å². The summed E-state index contributed by atoms with van der Waals surface area (Å²) in [6, 6.07) is 13.0. The number of rotatable bonds is 2. The Bertz CT molecular complexity index is 472. The lowest BCUT2D eigenvalue weighted by Gasteiger charge is -2.09. The second-order valence-electron chi connectivity index (χ2n) is 3.50. The van der Waals surface area contributed by atoms with Crippen molar-refractivity contribution in [3.63, 3.8) is 0 Å². The van der Waals surface area contributed by atoms with Crippen molar-refractivity contribution in [3.8, 4) is 17.2 Å². The third-order valence-electron chi connectivity index (χ3n) is 2.19. The Balaban J connectivity index is 2.30. The number of benzene rings is 2. The number of hydrogen-bond acceptors (Lipinski definition) is 2. The van der Waals surface area contributed by atoms with Gasteiger partial charge in [0.15, 0.2) is 11.5 Å². The molecular formula is C13H11IO2. The first kappa shape index (κ1) is 11.3. The van der Waals surface area contributed by atoms with Gasteiger partial charge in [-0.15, -0.1) is 0 Å². The Morgan fingerprint density at radius 3 is 2.38 bits per heavy atom. The first-order chi connectivity index (χ1) is 7.66. The molecule has 0 unspecified atom stereocenters. The molecule has 2 aromatic carbocycles. The largest absolute Gasteiger partial charge is 0.504 e. The molecule has 82 valence electrons. The molecule has 0 amide bonds. The van der Waals surface area contributed by atoms with E-state index in [0.717, 1.165) is 9.32 Å². The van der Waals surface area contributed by atoms with Crippen molar-refractivity contribution in [2.75, 3.05) is 0 Å². The summed E-state index contributed by atoms with van der Waals surface area (Å²) in [6.45, 7) is 2.02. The van der Waals surface area contributed by atoms with Gasteiger partial charge in [0.2, 0.25) is 0 Å². The van der Waals surface area contributed by atoms with Crippen molar-refractivity contribution in [2.24, 2.45) is 0 Å². The summed E-state index contributed by atoms with van der Waals surface area (Å²) in [6.07, 6.45) is 0. The maximum Gasteiger partial charge on any atom is 0.182 e. The zero-order valence-electron chi connectivity index (χ0n) is 8.77. The summed E-state index contributed by atoms with van der Waals surface area (Å²) >= 11 is 2.13. The number of para-hydroxylation sites is 1. The molecule has 0 fully saturated rings. The van der Waals surface area contributed by atoms with Crippen LogP contribution in [0.3, 0.4) is 0 Å². The first-order valence-corrected chi connectivity index (χ1v) is 5.96. The van der Waals surface area contributed by atoms with Crippen molar-refractivity contribution in [3.05, 3.63) is 51.6 Å². The van der Waals surface area contributed by atoms with Gasteiger partial charge in [-0.05, 0) is 53.8 Å². The second kappa shape index (κ2) is 4.74. The van der Waals surface area contributed by atoms with Crippen LogP contribution in [0.15, 0.2) is 42.5 Å². The maximum atomic E-state index is 9.68. The Morgan fingerprint density at radius 2 is 1.75 bits per heavy atom. The van der Waals surface area contributed by atoms with Crippen molar-refractivity contribution in [2.45, 2.75) is 6.92 Å². The molecule has 0 saturated heterocycles. The van der Waals surface area contributed by atoms with Crippen LogP contribution in [-0.2, 0) is 0 Å². The van der Waals surface area contributed by atoms with Gasteiger partial charge in [0.1, 0.15) is 5.75 Å². The molecule has 0 aromatic heterocycles. The lowest BCUT2D eigenvalue weighted by atomic mass is 10.2. The fourth-order valence-electron chi connectivity index (χ4n) is 1.32. The molecule has 3 heteroatoms. The monoisotopic (exact) mass is 326 g/mol. The number of phenolic OH excluding ortho intramolecular Hbond substituents is 1. The van der Waals surface area contributed by atoms with Crippen LogP contribution in [0, 0.1) is 10.5 Å². The topological polar surface area (TPSA) is 29.5 Å². The van der Waals surface area contributed by atoms with Gasteiger partial charge in [-0.1, -0.05) is 23.8 Å². The molecule has 2 nitrogen and oxygen atoms in total. The van der Waals surface area contributed by atoms with E-state index in [-0.39, 0.29) is 5.75 Å². The van der Waals surface area contributed by atoms with Crippen LogP contribution in [0.5, 0.6) is 17.2 Å². The Kier molecular flexibility index (Phi) is 3.33. The molecule has 0 saturated carbocycles. The van der Waals surface area contributed by atoms with E-state index in [4.69, 9.17) is 4.74 Å². The summed E-state index contributed by atoms with van der Waals surface area (Å²) in [4.78, 5) is 0. The summed E-state index contributed by atoms with van der Waals surface area (Å²) in [5, 5.41) is 9.68. The zero-order valence-corrected chi connectivity index (χ0v) is 10.9. The van der Waals surface area contributed by atoms with Gasteiger partial charge in [-0.3, -0.25) is 0 Å². The van der Waals surface area contributed by atoms with E-state index in [2.05, 4.69) is 22.6 Å². The van der Waals surface area contributed by atoms with E-state index in [1.165, 1.54) is 5.56 Å². The molecule has 0 aliphatic rings. The van der Waals surface area contributed by atoms with Gasteiger partial charge in [0.05, 0.1) is 3.57 Å². The Morgan fingerprint density at radius 1 is 1.06 bits per heavy atom. The highest BCUT2D eigenvalue weighted by atomic mass is 127. The lowest BCUT2D eigenvalue weighted by molar-refractivity contribution is 0.409. The first-order valence-electron chi connectivity index (χ1n) is 4.89. The number of phenols is 1. The van der Waals surface area contributed by atoms with Gasteiger partial charge >= 0.3 is 0 Å². The van der Waals surface area contributed by atoms with Crippen molar-refractivity contribution < 1.29 is 9.84 Å². The van der Waals surface area contributed by atoms with E-state index in [9.17, 15) is 5.11 Å². The Labute approximate surface area is 108 Å².